The van der Waals surface area contributed by atoms with Crippen LogP contribution in [0, 0.1) is 0 Å². The zero-order chi connectivity index (χ0) is 19.1. The average molecular weight is 369 g/mol. The lowest BCUT2D eigenvalue weighted by molar-refractivity contribution is -0.166. The van der Waals surface area contributed by atoms with Gasteiger partial charge in [-0.1, -0.05) is 47.6 Å². The van der Waals surface area contributed by atoms with Crippen molar-refractivity contribution in [3.05, 3.63) is 65.7 Å². The highest BCUT2D eigenvalue weighted by Crippen LogP contribution is 2.30. The highest BCUT2D eigenvalue weighted by atomic mass is 16.7. The highest BCUT2D eigenvalue weighted by molar-refractivity contribution is 5.94. The number of carbonyl (C=O) groups excluding carboxylic acids is 1. The van der Waals surface area contributed by atoms with Crippen LogP contribution in [0.15, 0.2) is 59.8 Å². The van der Waals surface area contributed by atoms with Crippen molar-refractivity contribution in [2.24, 2.45) is 5.16 Å². The molecule has 1 atom stereocenters. The maximum atomic E-state index is 12.4. The second kappa shape index (κ2) is 8.68. The predicted octanol–water partition coefficient (Wildman–Crippen LogP) is 3.14. The van der Waals surface area contributed by atoms with E-state index in [1.807, 2.05) is 54.6 Å². The Kier molecular flexibility index (Phi) is 6.08. The van der Waals surface area contributed by atoms with E-state index in [1.54, 1.807) is 7.11 Å². The summed E-state index contributed by atoms with van der Waals surface area (Å²) in [5, 5.41) is 4.09. The van der Waals surface area contributed by atoms with Crippen LogP contribution < -0.4 is 4.74 Å². The van der Waals surface area contributed by atoms with Gasteiger partial charge >= 0.3 is 5.97 Å². The molecule has 0 N–H and O–H groups in total. The average Bonchev–Trinajstić information content (AvgIpc) is 3.12. The van der Waals surface area contributed by atoms with E-state index in [9.17, 15) is 4.79 Å². The molecule has 0 bridgehead atoms. The fourth-order valence-corrected chi connectivity index (χ4v) is 3.06. The Morgan fingerprint density at radius 3 is 2.59 bits per heavy atom. The molecule has 6 heteroatoms. The minimum absolute atomic E-state index is 0.282. The van der Waals surface area contributed by atoms with Gasteiger partial charge < -0.3 is 19.0 Å². The van der Waals surface area contributed by atoms with Gasteiger partial charge in [0.25, 0.3) is 0 Å². The van der Waals surface area contributed by atoms with Crippen molar-refractivity contribution in [2.45, 2.75) is 25.0 Å². The second-order valence-electron chi connectivity index (χ2n) is 6.42. The third kappa shape index (κ3) is 4.65. The van der Waals surface area contributed by atoms with Gasteiger partial charge in [-0.2, -0.15) is 0 Å². The molecule has 0 radical (unpaired) electrons. The van der Waals surface area contributed by atoms with Crippen LogP contribution in [-0.4, -0.2) is 38.1 Å². The van der Waals surface area contributed by atoms with Gasteiger partial charge in [0.2, 0.25) is 5.60 Å². The minimum Gasteiger partial charge on any atom is -0.497 e. The summed E-state index contributed by atoms with van der Waals surface area (Å²) in [6.45, 7) is 0.699. The Bertz CT molecular complexity index is 805. The van der Waals surface area contributed by atoms with E-state index in [0.29, 0.717) is 25.2 Å². The Labute approximate surface area is 158 Å². The van der Waals surface area contributed by atoms with Crippen LogP contribution in [0.2, 0.25) is 0 Å². The normalized spacial score (nSPS) is 18.5. The molecule has 2 aromatic rings. The van der Waals surface area contributed by atoms with E-state index in [2.05, 4.69) is 5.16 Å². The number of methoxy groups -OCH3 is 2. The summed E-state index contributed by atoms with van der Waals surface area (Å²) in [5.41, 5.74) is 1.53. The maximum absolute atomic E-state index is 12.4. The molecule has 1 aliphatic heterocycles. The lowest BCUT2D eigenvalue weighted by Crippen LogP contribution is -2.42. The monoisotopic (exact) mass is 369 g/mol. The quantitative estimate of drug-likeness (QED) is 0.669. The molecule has 0 aliphatic carbocycles. The van der Waals surface area contributed by atoms with Crippen molar-refractivity contribution < 1.29 is 23.8 Å². The van der Waals surface area contributed by atoms with Crippen LogP contribution in [-0.2, 0) is 32.1 Å². The Hall–Kier alpha value is -2.86. The molecule has 6 nitrogen and oxygen atoms in total. The number of oxime groups is 1. The first-order valence-electron chi connectivity index (χ1n) is 8.72. The Morgan fingerprint density at radius 1 is 1.07 bits per heavy atom. The number of ether oxygens (including phenoxy) is 3. The van der Waals surface area contributed by atoms with E-state index in [1.165, 1.54) is 7.11 Å². The molecule has 27 heavy (non-hydrogen) atoms. The molecule has 2 aromatic carbocycles. The number of nitrogens with zero attached hydrogens (tertiary/aromatic N) is 1. The fraction of sp³-hybridized carbons (Fsp3) is 0.333. The molecular formula is C21H23NO5. The minimum atomic E-state index is -1.13. The standard InChI is InChI=1S/C21H23NO5/c1-24-19-10-6-9-17(11-19)14-26-15-18-13-21(27-22-18,20(23)25-2)12-16-7-4-3-5-8-16/h3-11H,12-15H2,1-2H3. The number of rotatable bonds is 8. The molecule has 0 saturated carbocycles. The third-order valence-electron chi connectivity index (χ3n) is 4.40. The van der Waals surface area contributed by atoms with Crippen LogP contribution >= 0.6 is 0 Å². The SMILES string of the molecule is COC(=O)C1(Cc2ccccc2)CC(COCc2cccc(OC)c2)=NO1. The summed E-state index contributed by atoms with van der Waals surface area (Å²) in [5.74, 6) is 0.350. The van der Waals surface area contributed by atoms with Crippen LogP contribution in [0.1, 0.15) is 17.5 Å². The molecule has 0 amide bonds. The second-order valence-corrected chi connectivity index (χ2v) is 6.42. The van der Waals surface area contributed by atoms with Gasteiger partial charge in [-0.3, -0.25) is 0 Å². The van der Waals surface area contributed by atoms with Gasteiger partial charge in [0.05, 0.1) is 33.1 Å². The summed E-state index contributed by atoms with van der Waals surface area (Å²) in [7, 11) is 2.99. The van der Waals surface area contributed by atoms with Crippen molar-refractivity contribution in [2.75, 3.05) is 20.8 Å². The summed E-state index contributed by atoms with van der Waals surface area (Å²) >= 11 is 0. The largest absolute Gasteiger partial charge is 0.497 e. The van der Waals surface area contributed by atoms with Gasteiger partial charge in [-0.25, -0.2) is 4.79 Å². The molecule has 1 aliphatic rings. The van der Waals surface area contributed by atoms with Crippen molar-refractivity contribution in [3.8, 4) is 5.75 Å². The molecular weight excluding hydrogens is 346 g/mol. The van der Waals surface area contributed by atoms with E-state index in [4.69, 9.17) is 19.0 Å². The van der Waals surface area contributed by atoms with E-state index >= 15 is 0 Å². The highest BCUT2D eigenvalue weighted by Gasteiger charge is 2.47. The smallest absolute Gasteiger partial charge is 0.353 e. The zero-order valence-corrected chi connectivity index (χ0v) is 15.5. The first-order chi connectivity index (χ1) is 13.1. The molecule has 0 aromatic heterocycles. The van der Waals surface area contributed by atoms with Crippen molar-refractivity contribution >= 4 is 11.7 Å². The molecule has 1 unspecified atom stereocenters. The number of hydrogen-bond acceptors (Lipinski definition) is 6. The number of esters is 1. The Balaban J connectivity index is 1.59. The van der Waals surface area contributed by atoms with E-state index in [-0.39, 0.29) is 6.61 Å². The van der Waals surface area contributed by atoms with Gasteiger partial charge in [0.1, 0.15) is 5.75 Å². The van der Waals surface area contributed by atoms with Gasteiger partial charge in [0.15, 0.2) is 0 Å². The van der Waals surface area contributed by atoms with Crippen molar-refractivity contribution in [1.29, 1.82) is 0 Å². The first kappa shape index (κ1) is 18.9. The number of carbonyl (C=O) groups is 1. The van der Waals surface area contributed by atoms with Crippen LogP contribution in [0.5, 0.6) is 5.75 Å². The van der Waals surface area contributed by atoms with Crippen LogP contribution in [0.25, 0.3) is 0 Å². The molecule has 142 valence electrons. The van der Waals surface area contributed by atoms with Crippen molar-refractivity contribution in [3.63, 3.8) is 0 Å². The van der Waals surface area contributed by atoms with Gasteiger partial charge in [-0.15, -0.1) is 0 Å². The van der Waals surface area contributed by atoms with Crippen LogP contribution in [0.3, 0.4) is 0 Å². The first-order valence-corrected chi connectivity index (χ1v) is 8.72. The predicted molar refractivity (Wildman–Crippen MR) is 101 cm³/mol. The molecule has 0 spiro atoms. The summed E-state index contributed by atoms with van der Waals surface area (Å²) in [4.78, 5) is 17.9. The van der Waals surface area contributed by atoms with Gasteiger partial charge in [0, 0.05) is 12.8 Å². The molecule has 3 rings (SSSR count). The lowest BCUT2D eigenvalue weighted by Gasteiger charge is -2.23. The third-order valence-corrected chi connectivity index (χ3v) is 4.40. The van der Waals surface area contributed by atoms with Crippen LogP contribution in [0.4, 0.5) is 0 Å². The molecule has 0 fully saturated rings. The van der Waals surface area contributed by atoms with E-state index in [0.717, 1.165) is 16.9 Å². The number of hydrogen-bond donors (Lipinski definition) is 0. The summed E-state index contributed by atoms with van der Waals surface area (Å²) in [6, 6.07) is 17.4. The topological polar surface area (TPSA) is 66.4 Å². The summed E-state index contributed by atoms with van der Waals surface area (Å²) < 4.78 is 15.9. The van der Waals surface area contributed by atoms with Gasteiger partial charge in [-0.05, 0) is 23.3 Å². The van der Waals surface area contributed by atoms with E-state index < -0.39 is 11.6 Å². The molecule has 1 heterocycles. The number of benzene rings is 2. The fourth-order valence-electron chi connectivity index (χ4n) is 3.06. The maximum Gasteiger partial charge on any atom is 0.353 e. The molecule has 0 saturated heterocycles. The van der Waals surface area contributed by atoms with Crippen molar-refractivity contribution in [1.82, 2.24) is 0 Å². The Morgan fingerprint density at radius 2 is 1.85 bits per heavy atom. The zero-order valence-electron chi connectivity index (χ0n) is 15.5. The summed E-state index contributed by atoms with van der Waals surface area (Å²) in [6.07, 6.45) is 0.732. The lowest BCUT2D eigenvalue weighted by atomic mass is 9.90.